The Kier molecular flexibility index (Phi) is 7.22. The monoisotopic (exact) mass is 503 g/mol. The molecule has 0 bridgehead atoms. The van der Waals surface area contributed by atoms with Gasteiger partial charge in [0.2, 0.25) is 0 Å². The number of esters is 1. The average Bonchev–Trinajstić information content (AvgIpc) is 2.88. The first kappa shape index (κ1) is 24.4. The number of hydrogen-bond donors (Lipinski definition) is 1. The van der Waals surface area contributed by atoms with Crippen LogP contribution < -0.4 is 14.9 Å². The van der Waals surface area contributed by atoms with Crippen LogP contribution in [0.15, 0.2) is 84.0 Å². The number of nitro groups is 1. The molecule has 0 radical (unpaired) electrons. The third-order valence-corrected chi connectivity index (χ3v) is 5.43. The highest BCUT2D eigenvalue weighted by molar-refractivity contribution is 6.31. The molecular formula is C26H18ClN3O6. The highest BCUT2D eigenvalue weighted by Gasteiger charge is 2.19. The molecule has 0 aliphatic heterocycles. The van der Waals surface area contributed by atoms with Gasteiger partial charge in [-0.3, -0.25) is 14.9 Å². The Hall–Kier alpha value is -4.76. The number of nitrogens with zero attached hydrogens (tertiary/aromatic N) is 2. The third-order valence-electron chi connectivity index (χ3n) is 5.19. The maximum atomic E-state index is 12.8. The summed E-state index contributed by atoms with van der Waals surface area (Å²) in [4.78, 5) is 36.2. The number of ether oxygens (including phenoxy) is 2. The van der Waals surface area contributed by atoms with Crippen molar-refractivity contribution in [3.63, 3.8) is 0 Å². The first-order valence-electron chi connectivity index (χ1n) is 10.5. The van der Waals surface area contributed by atoms with Crippen LogP contribution in [0.3, 0.4) is 0 Å². The molecule has 0 spiro atoms. The quantitative estimate of drug-likeness (QED) is 0.119. The van der Waals surface area contributed by atoms with Crippen LogP contribution in [-0.2, 0) is 0 Å². The van der Waals surface area contributed by atoms with E-state index in [1.54, 1.807) is 18.2 Å². The van der Waals surface area contributed by atoms with E-state index in [1.807, 2.05) is 30.3 Å². The topological polar surface area (TPSA) is 120 Å². The van der Waals surface area contributed by atoms with E-state index < -0.39 is 16.8 Å². The molecule has 0 aliphatic carbocycles. The van der Waals surface area contributed by atoms with E-state index in [4.69, 9.17) is 21.1 Å². The average molecular weight is 504 g/mol. The summed E-state index contributed by atoms with van der Waals surface area (Å²) in [5, 5.41) is 17.1. The molecule has 0 atom stereocenters. The van der Waals surface area contributed by atoms with Crippen LogP contribution in [0.2, 0.25) is 5.02 Å². The Bertz CT molecular complexity index is 1510. The minimum atomic E-state index is -0.794. The summed E-state index contributed by atoms with van der Waals surface area (Å²) in [6, 6.07) is 20.8. The molecule has 1 N–H and O–H groups in total. The number of nitro benzene ring substituents is 1. The number of methoxy groups -OCH3 is 1. The minimum Gasteiger partial charge on any atom is -0.496 e. The molecule has 0 unspecified atom stereocenters. The normalized spacial score (nSPS) is 10.8. The molecule has 4 rings (SSSR count). The van der Waals surface area contributed by atoms with Gasteiger partial charge in [0.25, 0.3) is 11.6 Å². The first-order chi connectivity index (χ1) is 17.4. The molecule has 180 valence electrons. The number of benzene rings is 4. The molecule has 0 fully saturated rings. The Morgan fingerprint density at radius 1 is 0.972 bits per heavy atom. The van der Waals surface area contributed by atoms with Gasteiger partial charge >= 0.3 is 5.97 Å². The fraction of sp³-hybridized carbons (Fsp3) is 0.0385. The zero-order valence-corrected chi connectivity index (χ0v) is 19.6. The maximum Gasteiger partial charge on any atom is 0.347 e. The Morgan fingerprint density at radius 3 is 2.50 bits per heavy atom. The highest BCUT2D eigenvalue weighted by Crippen LogP contribution is 2.27. The number of amides is 1. The van der Waals surface area contributed by atoms with Crippen LogP contribution >= 0.6 is 11.6 Å². The van der Waals surface area contributed by atoms with E-state index in [0.717, 1.165) is 17.0 Å². The molecule has 0 saturated heterocycles. The van der Waals surface area contributed by atoms with Gasteiger partial charge in [0, 0.05) is 28.3 Å². The number of halogens is 1. The van der Waals surface area contributed by atoms with Gasteiger partial charge in [0.15, 0.2) is 0 Å². The molecule has 4 aromatic carbocycles. The number of nitrogens with one attached hydrogen (secondary N) is 1. The van der Waals surface area contributed by atoms with Crippen LogP contribution in [0.25, 0.3) is 10.8 Å². The minimum absolute atomic E-state index is 0.0178. The van der Waals surface area contributed by atoms with Gasteiger partial charge in [-0.05, 0) is 41.1 Å². The van der Waals surface area contributed by atoms with Crippen LogP contribution in [0, 0.1) is 10.1 Å². The molecule has 0 aromatic heterocycles. The number of fused-ring (bicyclic) bond motifs is 1. The third kappa shape index (κ3) is 5.31. The van der Waals surface area contributed by atoms with E-state index in [-0.39, 0.29) is 28.3 Å². The molecule has 36 heavy (non-hydrogen) atoms. The van der Waals surface area contributed by atoms with Gasteiger partial charge in [0.1, 0.15) is 17.1 Å². The Balaban J connectivity index is 1.60. The number of hydrogen-bond acceptors (Lipinski definition) is 7. The second-order valence-corrected chi connectivity index (χ2v) is 7.88. The first-order valence-corrected chi connectivity index (χ1v) is 10.9. The zero-order chi connectivity index (χ0) is 25.7. The predicted octanol–water partition coefficient (Wildman–Crippen LogP) is 5.39. The second kappa shape index (κ2) is 10.7. The Morgan fingerprint density at radius 2 is 1.72 bits per heavy atom. The predicted molar refractivity (Wildman–Crippen MR) is 135 cm³/mol. The van der Waals surface area contributed by atoms with Crippen molar-refractivity contribution in [3.8, 4) is 11.5 Å². The Labute approximate surface area is 210 Å². The van der Waals surface area contributed by atoms with Gasteiger partial charge in [-0.1, -0.05) is 48.0 Å². The molecule has 10 heteroatoms. The summed E-state index contributed by atoms with van der Waals surface area (Å²) in [7, 11) is 1.39. The van der Waals surface area contributed by atoms with Crippen molar-refractivity contribution < 1.29 is 24.0 Å². The molecular weight excluding hydrogens is 486 g/mol. The van der Waals surface area contributed by atoms with Crippen molar-refractivity contribution in [2.45, 2.75) is 0 Å². The molecule has 0 saturated carbocycles. The van der Waals surface area contributed by atoms with E-state index in [0.29, 0.717) is 10.6 Å². The van der Waals surface area contributed by atoms with Crippen LogP contribution in [0.1, 0.15) is 26.3 Å². The summed E-state index contributed by atoms with van der Waals surface area (Å²) >= 11 is 5.99. The fourth-order valence-corrected chi connectivity index (χ4v) is 3.65. The van der Waals surface area contributed by atoms with Crippen molar-refractivity contribution >= 4 is 46.2 Å². The smallest absolute Gasteiger partial charge is 0.347 e. The number of hydrazone groups is 1. The van der Waals surface area contributed by atoms with E-state index in [1.165, 1.54) is 37.4 Å². The number of carbonyl (C=O) groups is 2. The van der Waals surface area contributed by atoms with Crippen molar-refractivity contribution in [3.05, 3.63) is 111 Å². The van der Waals surface area contributed by atoms with E-state index >= 15 is 0 Å². The lowest BCUT2D eigenvalue weighted by atomic mass is 10.0. The van der Waals surface area contributed by atoms with Gasteiger partial charge < -0.3 is 9.47 Å². The summed E-state index contributed by atoms with van der Waals surface area (Å²) in [5.74, 6) is -1.05. The standard InChI is InChI=1S/C26H18ClN3O6/c1-35-24-11-9-18(27)14-22(24)26(32)36-23-12-10-19(30(33)34)13-17(23)15-28-29-25(31)21-8-4-6-16-5-2-3-7-20(16)21/h2-15H,1H3,(H,29,31)/b28-15+. The lowest BCUT2D eigenvalue weighted by molar-refractivity contribution is -0.384. The second-order valence-electron chi connectivity index (χ2n) is 7.44. The number of non-ortho nitro benzene ring substituents is 1. The van der Waals surface area contributed by atoms with Gasteiger partial charge in [0.05, 0.1) is 18.2 Å². The van der Waals surface area contributed by atoms with Gasteiger partial charge in [-0.2, -0.15) is 5.10 Å². The van der Waals surface area contributed by atoms with Crippen LogP contribution in [-0.4, -0.2) is 30.1 Å². The van der Waals surface area contributed by atoms with E-state index in [9.17, 15) is 19.7 Å². The number of rotatable bonds is 7. The van der Waals surface area contributed by atoms with Gasteiger partial charge in [-0.15, -0.1) is 0 Å². The number of carbonyl (C=O) groups excluding carboxylic acids is 2. The largest absolute Gasteiger partial charge is 0.496 e. The summed E-state index contributed by atoms with van der Waals surface area (Å²) in [5.41, 5.74) is 2.72. The van der Waals surface area contributed by atoms with Crippen molar-refractivity contribution in [1.29, 1.82) is 0 Å². The van der Waals surface area contributed by atoms with Crippen molar-refractivity contribution in [2.24, 2.45) is 5.10 Å². The molecule has 0 heterocycles. The fourth-order valence-electron chi connectivity index (χ4n) is 3.48. The SMILES string of the molecule is COc1ccc(Cl)cc1C(=O)Oc1ccc([N+](=O)[O-])cc1/C=N/NC(=O)c1cccc2ccccc12. The lowest BCUT2D eigenvalue weighted by Gasteiger charge is -2.10. The van der Waals surface area contributed by atoms with Crippen molar-refractivity contribution in [2.75, 3.05) is 7.11 Å². The van der Waals surface area contributed by atoms with Crippen LogP contribution in [0.4, 0.5) is 5.69 Å². The lowest BCUT2D eigenvalue weighted by Crippen LogP contribution is -2.18. The van der Waals surface area contributed by atoms with Crippen molar-refractivity contribution in [1.82, 2.24) is 5.43 Å². The highest BCUT2D eigenvalue weighted by atomic mass is 35.5. The summed E-state index contributed by atoms with van der Waals surface area (Å²) in [6.45, 7) is 0. The maximum absolute atomic E-state index is 12.8. The molecule has 0 aliphatic rings. The van der Waals surface area contributed by atoms with E-state index in [2.05, 4.69) is 10.5 Å². The zero-order valence-electron chi connectivity index (χ0n) is 18.8. The van der Waals surface area contributed by atoms with Gasteiger partial charge in [-0.25, -0.2) is 10.2 Å². The molecule has 9 nitrogen and oxygen atoms in total. The molecule has 1 amide bonds. The summed E-state index contributed by atoms with van der Waals surface area (Å²) < 4.78 is 10.6. The van der Waals surface area contributed by atoms with Crippen LogP contribution in [0.5, 0.6) is 11.5 Å². The molecule has 4 aromatic rings. The summed E-state index contributed by atoms with van der Waals surface area (Å²) in [6.07, 6.45) is 1.16.